The Morgan fingerprint density at radius 3 is 2.14 bits per heavy atom. The number of nitrogens with one attached hydrogen (secondary N) is 2. The maximum atomic E-state index is 12.9. The van der Waals surface area contributed by atoms with Gasteiger partial charge in [0.25, 0.3) is 0 Å². The highest BCUT2D eigenvalue weighted by atomic mass is 16.5. The molecule has 2 fully saturated rings. The fourth-order valence-corrected chi connectivity index (χ4v) is 5.25. The number of carbonyl (C=O) groups is 3. The van der Waals surface area contributed by atoms with Crippen LogP contribution in [0.1, 0.15) is 55.6 Å². The smallest absolute Gasteiger partial charge is 0.407 e. The van der Waals surface area contributed by atoms with E-state index in [2.05, 4.69) is 34.9 Å². The molecule has 0 bridgehead atoms. The van der Waals surface area contributed by atoms with Gasteiger partial charge in [-0.1, -0.05) is 61.4 Å². The van der Waals surface area contributed by atoms with Crippen molar-refractivity contribution in [3.8, 4) is 11.1 Å². The fraction of sp³-hybridized carbons (Fsp3) is 0.464. The maximum absolute atomic E-state index is 12.9. The first-order chi connectivity index (χ1) is 17.0. The van der Waals surface area contributed by atoms with Gasteiger partial charge >= 0.3 is 12.1 Å². The Morgan fingerprint density at radius 1 is 0.943 bits per heavy atom. The summed E-state index contributed by atoms with van der Waals surface area (Å²) in [5.41, 5.74) is 4.60. The molecule has 2 unspecified atom stereocenters. The lowest BCUT2D eigenvalue weighted by Gasteiger charge is -2.21. The molecule has 2 amide bonds. The van der Waals surface area contributed by atoms with Crippen molar-refractivity contribution >= 4 is 18.0 Å². The Hall–Kier alpha value is -3.35. The van der Waals surface area contributed by atoms with Gasteiger partial charge in [-0.05, 0) is 59.3 Å². The molecule has 0 spiro atoms. The van der Waals surface area contributed by atoms with Crippen molar-refractivity contribution in [3.05, 3.63) is 59.7 Å². The van der Waals surface area contributed by atoms with Gasteiger partial charge in [-0.2, -0.15) is 0 Å². The summed E-state index contributed by atoms with van der Waals surface area (Å²) in [5.74, 6) is -0.420. The molecule has 5 rings (SSSR count). The minimum absolute atomic E-state index is 0.0424. The van der Waals surface area contributed by atoms with E-state index < -0.39 is 18.1 Å². The zero-order chi connectivity index (χ0) is 24.4. The van der Waals surface area contributed by atoms with Gasteiger partial charge in [0.1, 0.15) is 12.6 Å². The number of amides is 2. The first-order valence-electron chi connectivity index (χ1n) is 12.6. The molecule has 0 aromatic heterocycles. The molecule has 0 aliphatic heterocycles. The van der Waals surface area contributed by atoms with E-state index in [4.69, 9.17) is 9.84 Å². The lowest BCUT2D eigenvalue weighted by Crippen LogP contribution is -2.48. The van der Waals surface area contributed by atoms with Gasteiger partial charge in [0.05, 0.1) is 6.42 Å². The second-order valence-corrected chi connectivity index (χ2v) is 10.1. The third-order valence-corrected chi connectivity index (χ3v) is 7.48. The molecule has 3 aliphatic carbocycles. The molecule has 2 aromatic rings. The van der Waals surface area contributed by atoms with E-state index in [0.29, 0.717) is 24.8 Å². The summed E-state index contributed by atoms with van der Waals surface area (Å²) in [4.78, 5) is 36.9. The standard InChI is InChI=1S/C28H32N2O5/c31-26(32)14-19(18-11-12-18)15-29-27(33)25(13-17-9-10-17)30-28(34)35-16-24-22-7-3-1-5-20(22)21-6-2-4-8-23(21)24/h1-8,17-19,24-25H,9-16H2,(H,29,33)(H,30,34)(H,31,32). The minimum Gasteiger partial charge on any atom is -0.481 e. The number of hydrogen-bond donors (Lipinski definition) is 3. The third kappa shape index (κ3) is 5.66. The highest BCUT2D eigenvalue weighted by molar-refractivity contribution is 5.86. The Bertz CT molecular complexity index is 1060. The zero-order valence-electron chi connectivity index (χ0n) is 19.7. The van der Waals surface area contributed by atoms with Gasteiger partial charge in [-0.15, -0.1) is 0 Å². The monoisotopic (exact) mass is 476 g/mol. The van der Waals surface area contributed by atoms with E-state index in [-0.39, 0.29) is 30.8 Å². The Labute approximate surface area is 205 Å². The predicted octanol–water partition coefficient (Wildman–Crippen LogP) is 4.31. The average molecular weight is 477 g/mol. The molecule has 3 aliphatic rings. The highest BCUT2D eigenvalue weighted by Gasteiger charge is 2.35. The Balaban J connectivity index is 1.18. The summed E-state index contributed by atoms with van der Waals surface area (Å²) in [6.07, 6.45) is 4.16. The van der Waals surface area contributed by atoms with E-state index in [1.54, 1.807) is 0 Å². The molecule has 2 atom stereocenters. The van der Waals surface area contributed by atoms with Crippen LogP contribution in [0, 0.1) is 17.8 Å². The van der Waals surface area contributed by atoms with Crippen LogP contribution in [-0.2, 0) is 14.3 Å². The minimum atomic E-state index is -0.845. The van der Waals surface area contributed by atoms with Crippen molar-refractivity contribution in [2.24, 2.45) is 17.8 Å². The van der Waals surface area contributed by atoms with Crippen molar-refractivity contribution in [2.75, 3.05) is 13.2 Å². The quantitative estimate of drug-likeness (QED) is 0.448. The predicted molar refractivity (Wildman–Crippen MR) is 131 cm³/mol. The van der Waals surface area contributed by atoms with Gasteiger partial charge in [0.15, 0.2) is 0 Å². The van der Waals surface area contributed by atoms with Crippen LogP contribution in [0.25, 0.3) is 11.1 Å². The molecule has 7 nitrogen and oxygen atoms in total. The van der Waals surface area contributed by atoms with E-state index in [0.717, 1.165) is 47.9 Å². The molecule has 2 saturated carbocycles. The van der Waals surface area contributed by atoms with Crippen molar-refractivity contribution < 1.29 is 24.2 Å². The number of alkyl carbamates (subject to hydrolysis) is 1. The lowest BCUT2D eigenvalue weighted by atomic mass is 9.98. The zero-order valence-corrected chi connectivity index (χ0v) is 19.7. The molecular formula is C28H32N2O5. The molecule has 0 saturated heterocycles. The number of fused-ring (bicyclic) bond motifs is 3. The Kier molecular flexibility index (Phi) is 6.75. The SMILES string of the molecule is O=C(O)CC(CNC(=O)C(CC1CC1)NC(=O)OCC1c2ccccc2-c2ccccc21)C1CC1. The van der Waals surface area contributed by atoms with Crippen LogP contribution < -0.4 is 10.6 Å². The summed E-state index contributed by atoms with van der Waals surface area (Å²) in [5, 5.41) is 14.8. The first kappa shape index (κ1) is 23.4. The normalized spacial score (nSPS) is 18.2. The van der Waals surface area contributed by atoms with Crippen LogP contribution >= 0.6 is 0 Å². The largest absolute Gasteiger partial charge is 0.481 e. The second kappa shape index (κ2) is 10.1. The summed E-state index contributed by atoms with van der Waals surface area (Å²) >= 11 is 0. The fourth-order valence-electron chi connectivity index (χ4n) is 5.25. The van der Waals surface area contributed by atoms with Crippen molar-refractivity contribution in [2.45, 2.75) is 50.5 Å². The molecule has 35 heavy (non-hydrogen) atoms. The number of ether oxygens (including phenoxy) is 1. The molecular weight excluding hydrogens is 444 g/mol. The van der Waals surface area contributed by atoms with Gasteiger partial charge in [0.2, 0.25) is 5.91 Å². The molecule has 184 valence electrons. The number of benzene rings is 2. The van der Waals surface area contributed by atoms with E-state index >= 15 is 0 Å². The molecule has 7 heteroatoms. The Morgan fingerprint density at radius 2 is 1.57 bits per heavy atom. The second-order valence-electron chi connectivity index (χ2n) is 10.1. The summed E-state index contributed by atoms with van der Waals surface area (Å²) in [6, 6.07) is 15.6. The lowest BCUT2D eigenvalue weighted by molar-refractivity contribution is -0.138. The average Bonchev–Trinajstić information content (AvgIpc) is 3.78. The molecule has 2 aromatic carbocycles. The number of carbonyl (C=O) groups excluding carboxylic acids is 2. The highest BCUT2D eigenvalue weighted by Crippen LogP contribution is 2.44. The molecule has 3 N–H and O–H groups in total. The van der Waals surface area contributed by atoms with E-state index in [1.165, 1.54) is 0 Å². The third-order valence-electron chi connectivity index (χ3n) is 7.48. The first-order valence-corrected chi connectivity index (χ1v) is 12.6. The number of hydrogen-bond acceptors (Lipinski definition) is 4. The van der Waals surface area contributed by atoms with Crippen molar-refractivity contribution in [3.63, 3.8) is 0 Å². The summed E-state index contributed by atoms with van der Waals surface area (Å²) in [6.45, 7) is 0.517. The maximum Gasteiger partial charge on any atom is 0.407 e. The summed E-state index contributed by atoms with van der Waals surface area (Å²) < 4.78 is 5.64. The van der Waals surface area contributed by atoms with Gasteiger partial charge in [-0.25, -0.2) is 4.79 Å². The topological polar surface area (TPSA) is 105 Å². The van der Waals surface area contributed by atoms with E-state index in [1.807, 2.05) is 24.3 Å². The van der Waals surface area contributed by atoms with Crippen LogP contribution in [-0.4, -0.2) is 42.3 Å². The molecule has 0 heterocycles. The van der Waals surface area contributed by atoms with Gasteiger partial charge in [0, 0.05) is 12.5 Å². The van der Waals surface area contributed by atoms with Crippen LogP contribution in [0.5, 0.6) is 0 Å². The van der Waals surface area contributed by atoms with Crippen LogP contribution in [0.15, 0.2) is 48.5 Å². The molecule has 0 radical (unpaired) electrons. The van der Waals surface area contributed by atoms with Crippen molar-refractivity contribution in [1.82, 2.24) is 10.6 Å². The number of carboxylic acids is 1. The van der Waals surface area contributed by atoms with Crippen molar-refractivity contribution in [1.29, 1.82) is 0 Å². The summed E-state index contributed by atoms with van der Waals surface area (Å²) in [7, 11) is 0. The number of carboxylic acid groups (broad SMARTS) is 1. The van der Waals surface area contributed by atoms with Gasteiger partial charge < -0.3 is 20.5 Å². The number of aliphatic carboxylic acids is 1. The van der Waals surface area contributed by atoms with E-state index in [9.17, 15) is 14.4 Å². The number of rotatable bonds is 11. The van der Waals surface area contributed by atoms with Crippen LogP contribution in [0.3, 0.4) is 0 Å². The van der Waals surface area contributed by atoms with Crippen LogP contribution in [0.4, 0.5) is 4.79 Å². The van der Waals surface area contributed by atoms with Gasteiger partial charge in [-0.3, -0.25) is 9.59 Å². The van der Waals surface area contributed by atoms with Crippen LogP contribution in [0.2, 0.25) is 0 Å².